The maximum atomic E-state index is 10.9. The normalized spacial score (nSPS) is 17.4. The Kier molecular flexibility index (Phi) is 3.22. The van der Waals surface area contributed by atoms with Crippen LogP contribution in [0.15, 0.2) is 18.2 Å². The van der Waals surface area contributed by atoms with Crippen molar-refractivity contribution in [2.45, 2.75) is 26.4 Å². The predicted molar refractivity (Wildman–Crippen MR) is 65.8 cm³/mol. The number of benzene rings is 1. The molecule has 1 aromatic carbocycles. The third-order valence-corrected chi connectivity index (χ3v) is 3.13. The number of hydrogen-bond donors (Lipinski definition) is 1. The van der Waals surface area contributed by atoms with E-state index in [0.29, 0.717) is 12.2 Å². The molecule has 0 saturated heterocycles. The average Bonchev–Trinajstić information content (AvgIpc) is 2.74. The maximum absolute atomic E-state index is 10.9. The number of aliphatic carboxylic acids is 1. The lowest BCUT2D eigenvalue weighted by atomic mass is 10.1. The highest BCUT2D eigenvalue weighted by Crippen LogP contribution is 2.32. The third kappa shape index (κ3) is 2.20. The van der Waals surface area contributed by atoms with Crippen molar-refractivity contribution in [3.63, 3.8) is 0 Å². The molecular formula is C13H17NO3. The number of hydrogen-bond acceptors (Lipinski definition) is 3. The van der Waals surface area contributed by atoms with Crippen molar-refractivity contribution in [1.82, 2.24) is 0 Å². The van der Waals surface area contributed by atoms with E-state index in [1.54, 1.807) is 0 Å². The summed E-state index contributed by atoms with van der Waals surface area (Å²) >= 11 is 0. The zero-order valence-corrected chi connectivity index (χ0v) is 10.1. The maximum Gasteiger partial charge on any atom is 0.345 e. The largest absolute Gasteiger partial charge is 0.478 e. The van der Waals surface area contributed by atoms with Crippen LogP contribution in [-0.2, 0) is 11.2 Å². The van der Waals surface area contributed by atoms with Gasteiger partial charge in [0, 0.05) is 31.3 Å². The Balaban J connectivity index is 2.23. The number of fused-ring (bicyclic) bond motifs is 1. The van der Waals surface area contributed by atoms with Crippen LogP contribution in [0.25, 0.3) is 0 Å². The monoisotopic (exact) mass is 235 g/mol. The van der Waals surface area contributed by atoms with Crippen molar-refractivity contribution in [1.29, 1.82) is 0 Å². The average molecular weight is 235 g/mol. The van der Waals surface area contributed by atoms with Gasteiger partial charge in [-0.05, 0) is 25.5 Å². The predicted octanol–water partition coefficient (Wildman–Crippen LogP) is 1.92. The topological polar surface area (TPSA) is 49.8 Å². The number of carboxylic acids is 1. The number of ether oxygens (including phenoxy) is 1. The van der Waals surface area contributed by atoms with Crippen LogP contribution in [0.4, 0.5) is 5.69 Å². The van der Waals surface area contributed by atoms with E-state index in [4.69, 9.17) is 9.84 Å². The van der Waals surface area contributed by atoms with Gasteiger partial charge in [0.05, 0.1) is 0 Å². The summed E-state index contributed by atoms with van der Waals surface area (Å²) in [4.78, 5) is 13.1. The van der Waals surface area contributed by atoms with Gasteiger partial charge in [-0.15, -0.1) is 0 Å². The number of carboxylic acid groups (broad SMARTS) is 1. The van der Waals surface area contributed by atoms with Crippen LogP contribution >= 0.6 is 0 Å². The lowest BCUT2D eigenvalue weighted by molar-refractivity contribution is -0.144. The van der Waals surface area contributed by atoms with Crippen LogP contribution in [0, 0.1) is 0 Å². The van der Waals surface area contributed by atoms with Crippen LogP contribution in [-0.4, -0.2) is 30.3 Å². The molecule has 0 bridgehead atoms. The summed E-state index contributed by atoms with van der Waals surface area (Å²) in [6.45, 7) is 6.05. The zero-order valence-electron chi connectivity index (χ0n) is 10.1. The molecule has 92 valence electrons. The van der Waals surface area contributed by atoms with E-state index < -0.39 is 12.1 Å². The van der Waals surface area contributed by atoms with E-state index in [0.717, 1.165) is 24.3 Å². The lowest BCUT2D eigenvalue weighted by Gasteiger charge is -2.21. The molecule has 1 heterocycles. The first-order valence-electron chi connectivity index (χ1n) is 5.93. The van der Waals surface area contributed by atoms with E-state index in [1.165, 1.54) is 0 Å². The second kappa shape index (κ2) is 4.65. The Morgan fingerprint density at radius 2 is 2.18 bits per heavy atom. The Labute approximate surface area is 101 Å². The minimum atomic E-state index is -0.898. The van der Waals surface area contributed by atoms with Gasteiger partial charge in [0.1, 0.15) is 5.75 Å². The van der Waals surface area contributed by atoms with E-state index in [2.05, 4.69) is 18.7 Å². The fraction of sp³-hybridized carbons (Fsp3) is 0.462. The van der Waals surface area contributed by atoms with Gasteiger partial charge >= 0.3 is 5.97 Å². The molecule has 1 N–H and O–H groups in total. The molecule has 0 radical (unpaired) electrons. The SMILES string of the molecule is CCN(CC)c1ccc2c(c1)OC(C(=O)O)C2. The molecule has 4 heteroatoms. The van der Waals surface area contributed by atoms with Gasteiger partial charge in [0.15, 0.2) is 6.10 Å². The quantitative estimate of drug-likeness (QED) is 0.866. The van der Waals surface area contributed by atoms with Crippen molar-refractivity contribution >= 4 is 11.7 Å². The second-order valence-corrected chi connectivity index (χ2v) is 4.11. The van der Waals surface area contributed by atoms with Crippen molar-refractivity contribution < 1.29 is 14.6 Å². The Bertz CT molecular complexity index is 427. The first kappa shape index (κ1) is 11.8. The molecule has 1 aliphatic heterocycles. The number of rotatable bonds is 4. The summed E-state index contributed by atoms with van der Waals surface area (Å²) in [7, 11) is 0. The van der Waals surface area contributed by atoms with Crippen molar-refractivity contribution in [3.05, 3.63) is 23.8 Å². The summed E-state index contributed by atoms with van der Waals surface area (Å²) in [5, 5.41) is 8.92. The minimum absolute atomic E-state index is 0.462. The molecule has 2 rings (SSSR count). The number of nitrogens with zero attached hydrogens (tertiary/aromatic N) is 1. The summed E-state index contributed by atoms with van der Waals surface area (Å²) < 4.78 is 5.42. The summed E-state index contributed by atoms with van der Waals surface area (Å²) in [6, 6.07) is 5.93. The Morgan fingerprint density at radius 1 is 1.47 bits per heavy atom. The molecule has 0 aromatic heterocycles. The van der Waals surface area contributed by atoms with Crippen molar-refractivity contribution in [2.75, 3.05) is 18.0 Å². The van der Waals surface area contributed by atoms with Crippen LogP contribution in [0.5, 0.6) is 5.75 Å². The fourth-order valence-corrected chi connectivity index (χ4v) is 2.14. The van der Waals surface area contributed by atoms with Crippen LogP contribution in [0.3, 0.4) is 0 Å². The van der Waals surface area contributed by atoms with Gasteiger partial charge in [0.2, 0.25) is 0 Å². The van der Waals surface area contributed by atoms with Crippen molar-refractivity contribution in [2.24, 2.45) is 0 Å². The second-order valence-electron chi connectivity index (χ2n) is 4.11. The van der Waals surface area contributed by atoms with E-state index >= 15 is 0 Å². The van der Waals surface area contributed by atoms with E-state index in [1.807, 2.05) is 18.2 Å². The van der Waals surface area contributed by atoms with Gasteiger partial charge in [0.25, 0.3) is 0 Å². The van der Waals surface area contributed by atoms with Crippen LogP contribution in [0.1, 0.15) is 19.4 Å². The van der Waals surface area contributed by atoms with Gasteiger partial charge < -0.3 is 14.7 Å². The fourth-order valence-electron chi connectivity index (χ4n) is 2.14. The summed E-state index contributed by atoms with van der Waals surface area (Å²) in [5.74, 6) is -0.188. The molecule has 17 heavy (non-hydrogen) atoms. The standard InChI is InChI=1S/C13H17NO3/c1-3-14(4-2)10-6-5-9-7-12(13(15)16)17-11(9)8-10/h5-6,8,12H,3-4,7H2,1-2H3,(H,15,16). The highest BCUT2D eigenvalue weighted by Gasteiger charge is 2.29. The van der Waals surface area contributed by atoms with Crippen LogP contribution in [0.2, 0.25) is 0 Å². The minimum Gasteiger partial charge on any atom is -0.478 e. The Morgan fingerprint density at radius 3 is 2.76 bits per heavy atom. The molecule has 0 saturated carbocycles. The third-order valence-electron chi connectivity index (χ3n) is 3.13. The molecule has 1 aromatic rings. The smallest absolute Gasteiger partial charge is 0.345 e. The van der Waals surface area contributed by atoms with E-state index in [-0.39, 0.29) is 0 Å². The molecule has 0 aliphatic carbocycles. The van der Waals surface area contributed by atoms with Gasteiger partial charge in [-0.1, -0.05) is 6.07 Å². The molecule has 1 unspecified atom stereocenters. The molecule has 0 spiro atoms. The van der Waals surface area contributed by atoms with Gasteiger partial charge in [-0.2, -0.15) is 0 Å². The zero-order chi connectivity index (χ0) is 12.4. The van der Waals surface area contributed by atoms with Gasteiger partial charge in [-0.25, -0.2) is 4.79 Å². The highest BCUT2D eigenvalue weighted by atomic mass is 16.5. The number of carbonyl (C=O) groups is 1. The summed E-state index contributed by atoms with van der Waals surface area (Å²) in [6.07, 6.45) is -0.264. The summed E-state index contributed by atoms with van der Waals surface area (Å²) in [5.41, 5.74) is 2.06. The first-order valence-corrected chi connectivity index (χ1v) is 5.93. The molecule has 0 fully saturated rings. The van der Waals surface area contributed by atoms with E-state index in [9.17, 15) is 4.79 Å². The molecule has 0 amide bonds. The molecule has 4 nitrogen and oxygen atoms in total. The molecular weight excluding hydrogens is 218 g/mol. The first-order chi connectivity index (χ1) is 8.15. The molecule has 1 aliphatic rings. The van der Waals surface area contributed by atoms with Gasteiger partial charge in [-0.3, -0.25) is 0 Å². The Hall–Kier alpha value is -1.71. The highest BCUT2D eigenvalue weighted by molar-refractivity contribution is 5.75. The van der Waals surface area contributed by atoms with Crippen LogP contribution < -0.4 is 9.64 Å². The molecule has 1 atom stereocenters. The van der Waals surface area contributed by atoms with Crippen molar-refractivity contribution in [3.8, 4) is 5.75 Å². The lowest BCUT2D eigenvalue weighted by Crippen LogP contribution is -2.24. The number of anilines is 1.